The summed E-state index contributed by atoms with van der Waals surface area (Å²) in [5.74, 6) is 1.62. The first-order valence-corrected chi connectivity index (χ1v) is 9.19. The number of furan rings is 1. The Morgan fingerprint density at radius 2 is 1.77 bits per heavy atom. The van der Waals surface area contributed by atoms with Crippen LogP contribution in [-0.2, 0) is 13.0 Å². The predicted octanol–water partition coefficient (Wildman–Crippen LogP) is 6.79. The second-order valence-electron chi connectivity index (χ2n) is 6.20. The average molecular weight is 411 g/mol. The lowest BCUT2D eigenvalue weighted by Gasteiger charge is -2.12. The number of halogens is 3. The van der Waals surface area contributed by atoms with E-state index in [1.54, 1.807) is 12.1 Å². The molecule has 0 aliphatic rings. The minimum Gasteiger partial charge on any atom is -0.460 e. The molecule has 0 fully saturated rings. The Labute approximate surface area is 170 Å². The van der Waals surface area contributed by atoms with Crippen LogP contribution in [0.4, 0.5) is 0 Å². The lowest BCUT2D eigenvalue weighted by Crippen LogP contribution is -2.25. The summed E-state index contributed by atoms with van der Waals surface area (Å²) in [5, 5.41) is 4.78. The molecule has 1 atom stereocenters. The second kappa shape index (κ2) is 10.0. The average Bonchev–Trinajstić information content (AvgIpc) is 3.10. The van der Waals surface area contributed by atoms with Gasteiger partial charge >= 0.3 is 0 Å². The van der Waals surface area contributed by atoms with E-state index >= 15 is 0 Å². The van der Waals surface area contributed by atoms with E-state index in [9.17, 15) is 0 Å². The Morgan fingerprint density at radius 1 is 1.00 bits per heavy atom. The van der Waals surface area contributed by atoms with Crippen LogP contribution in [0.3, 0.4) is 0 Å². The number of hydrogen-bond acceptors (Lipinski definition) is 2. The first-order chi connectivity index (χ1) is 12.1. The Hall–Kier alpha value is -1.45. The van der Waals surface area contributed by atoms with Gasteiger partial charge in [-0.2, -0.15) is 0 Å². The van der Waals surface area contributed by atoms with Gasteiger partial charge < -0.3 is 9.73 Å². The molecule has 0 bridgehead atoms. The minimum absolute atomic E-state index is 0. The number of benzene rings is 2. The maximum atomic E-state index is 6.23. The highest BCUT2D eigenvalue weighted by Crippen LogP contribution is 2.31. The lowest BCUT2D eigenvalue weighted by molar-refractivity contribution is 0.449. The fraction of sp³-hybridized carbons (Fsp3) is 0.238. The molecular weight excluding hydrogens is 389 g/mol. The highest BCUT2D eigenvalue weighted by Gasteiger charge is 2.10. The first-order valence-electron chi connectivity index (χ1n) is 8.43. The van der Waals surface area contributed by atoms with Crippen LogP contribution in [0.2, 0.25) is 10.0 Å². The van der Waals surface area contributed by atoms with Crippen molar-refractivity contribution in [3.8, 4) is 11.3 Å². The van der Waals surface area contributed by atoms with Gasteiger partial charge in [0.1, 0.15) is 11.5 Å². The standard InChI is InChI=1S/C21H21Cl2NO.ClH/c1-15(7-8-16-5-3-2-4-6-16)24-14-18-10-12-21(25-18)19-13-17(22)9-11-20(19)23;/h2-6,9-13,15,24H,7-8,14H2,1H3;1H. The molecule has 0 amide bonds. The quantitative estimate of drug-likeness (QED) is 0.464. The second-order valence-corrected chi connectivity index (χ2v) is 7.04. The topological polar surface area (TPSA) is 25.2 Å². The van der Waals surface area contributed by atoms with Crippen molar-refractivity contribution < 1.29 is 4.42 Å². The van der Waals surface area contributed by atoms with Crippen molar-refractivity contribution in [3.05, 3.63) is 82.0 Å². The molecule has 138 valence electrons. The minimum atomic E-state index is 0. The predicted molar refractivity (Wildman–Crippen MR) is 112 cm³/mol. The lowest BCUT2D eigenvalue weighted by atomic mass is 10.1. The molecule has 2 aromatic carbocycles. The van der Waals surface area contributed by atoms with Gasteiger partial charge in [0.25, 0.3) is 0 Å². The van der Waals surface area contributed by atoms with Crippen LogP contribution in [0.25, 0.3) is 11.3 Å². The SMILES string of the molecule is CC(CCc1ccccc1)NCc1ccc(-c2cc(Cl)ccc2Cl)o1.Cl. The maximum Gasteiger partial charge on any atom is 0.135 e. The maximum absolute atomic E-state index is 6.23. The largest absolute Gasteiger partial charge is 0.460 e. The summed E-state index contributed by atoms with van der Waals surface area (Å²) in [6.45, 7) is 2.88. The summed E-state index contributed by atoms with van der Waals surface area (Å²) in [5.41, 5.74) is 2.18. The smallest absolute Gasteiger partial charge is 0.135 e. The highest BCUT2D eigenvalue weighted by atomic mass is 35.5. The van der Waals surface area contributed by atoms with Crippen LogP contribution in [0, 0.1) is 0 Å². The number of rotatable bonds is 7. The van der Waals surface area contributed by atoms with Crippen LogP contribution >= 0.6 is 35.6 Å². The summed E-state index contributed by atoms with van der Waals surface area (Å²) in [6.07, 6.45) is 2.15. The summed E-state index contributed by atoms with van der Waals surface area (Å²) in [4.78, 5) is 0. The molecule has 0 radical (unpaired) electrons. The zero-order valence-electron chi connectivity index (χ0n) is 14.5. The van der Waals surface area contributed by atoms with E-state index < -0.39 is 0 Å². The normalized spacial score (nSPS) is 11.8. The third kappa shape index (κ3) is 5.78. The molecule has 0 saturated heterocycles. The van der Waals surface area contributed by atoms with Gasteiger partial charge in [0.2, 0.25) is 0 Å². The summed E-state index contributed by atoms with van der Waals surface area (Å²) in [7, 11) is 0. The molecule has 0 aliphatic carbocycles. The third-order valence-electron chi connectivity index (χ3n) is 4.19. The van der Waals surface area contributed by atoms with Crippen molar-refractivity contribution in [3.63, 3.8) is 0 Å². The van der Waals surface area contributed by atoms with Crippen molar-refractivity contribution >= 4 is 35.6 Å². The van der Waals surface area contributed by atoms with E-state index in [1.807, 2.05) is 24.3 Å². The number of hydrogen-bond donors (Lipinski definition) is 1. The molecule has 0 aliphatic heterocycles. The zero-order valence-corrected chi connectivity index (χ0v) is 16.9. The summed E-state index contributed by atoms with van der Waals surface area (Å²) >= 11 is 12.3. The molecule has 3 aromatic rings. The van der Waals surface area contributed by atoms with Crippen molar-refractivity contribution in [2.75, 3.05) is 0 Å². The van der Waals surface area contributed by atoms with Crippen LogP contribution < -0.4 is 5.32 Å². The van der Waals surface area contributed by atoms with Gasteiger partial charge in [-0.1, -0.05) is 53.5 Å². The van der Waals surface area contributed by atoms with Gasteiger partial charge in [0.05, 0.1) is 11.6 Å². The fourth-order valence-electron chi connectivity index (χ4n) is 2.71. The highest BCUT2D eigenvalue weighted by molar-refractivity contribution is 6.35. The molecule has 1 unspecified atom stereocenters. The van der Waals surface area contributed by atoms with Crippen LogP contribution in [-0.4, -0.2) is 6.04 Å². The first kappa shape index (κ1) is 20.9. The van der Waals surface area contributed by atoms with Gasteiger partial charge in [-0.25, -0.2) is 0 Å². The molecule has 1 aromatic heterocycles. The van der Waals surface area contributed by atoms with Gasteiger partial charge in [-0.05, 0) is 55.7 Å². The summed E-state index contributed by atoms with van der Waals surface area (Å²) < 4.78 is 5.91. The van der Waals surface area contributed by atoms with Gasteiger partial charge in [0.15, 0.2) is 0 Å². The molecule has 5 heteroatoms. The van der Waals surface area contributed by atoms with Crippen LogP contribution in [0.5, 0.6) is 0 Å². The van der Waals surface area contributed by atoms with E-state index in [0.717, 1.165) is 29.9 Å². The van der Waals surface area contributed by atoms with Crippen LogP contribution in [0.1, 0.15) is 24.7 Å². The molecule has 3 rings (SSSR count). The molecule has 1 N–H and O–H groups in total. The molecule has 2 nitrogen and oxygen atoms in total. The molecular formula is C21H22Cl3NO. The molecule has 0 saturated carbocycles. The number of nitrogens with one attached hydrogen (secondary N) is 1. The number of aryl methyl sites for hydroxylation is 1. The van der Waals surface area contributed by atoms with Gasteiger partial charge in [-0.3, -0.25) is 0 Å². The Kier molecular flexibility index (Phi) is 8.05. The Balaban J connectivity index is 0.00000243. The van der Waals surface area contributed by atoms with E-state index in [4.69, 9.17) is 27.6 Å². The van der Waals surface area contributed by atoms with Crippen molar-refractivity contribution in [2.45, 2.75) is 32.4 Å². The van der Waals surface area contributed by atoms with Crippen molar-refractivity contribution in [1.29, 1.82) is 0 Å². The Morgan fingerprint density at radius 3 is 2.54 bits per heavy atom. The van der Waals surface area contributed by atoms with Gasteiger partial charge in [0, 0.05) is 16.6 Å². The summed E-state index contributed by atoms with van der Waals surface area (Å²) in [6, 6.07) is 20.2. The van der Waals surface area contributed by atoms with E-state index in [0.29, 0.717) is 22.6 Å². The zero-order chi connectivity index (χ0) is 17.6. The monoisotopic (exact) mass is 409 g/mol. The molecule has 0 spiro atoms. The Bertz CT molecular complexity index is 817. The van der Waals surface area contributed by atoms with Crippen molar-refractivity contribution in [2.24, 2.45) is 0 Å². The van der Waals surface area contributed by atoms with E-state index in [-0.39, 0.29) is 12.4 Å². The van der Waals surface area contributed by atoms with Crippen molar-refractivity contribution in [1.82, 2.24) is 5.32 Å². The molecule has 26 heavy (non-hydrogen) atoms. The van der Waals surface area contributed by atoms with E-state index in [1.165, 1.54) is 5.56 Å². The molecule has 1 heterocycles. The van der Waals surface area contributed by atoms with E-state index in [2.05, 4.69) is 36.5 Å². The van der Waals surface area contributed by atoms with Crippen LogP contribution in [0.15, 0.2) is 65.1 Å². The third-order valence-corrected chi connectivity index (χ3v) is 4.75. The van der Waals surface area contributed by atoms with Gasteiger partial charge in [-0.15, -0.1) is 12.4 Å². The fourth-order valence-corrected chi connectivity index (χ4v) is 3.09.